The Labute approximate surface area is 155 Å². The number of unbranched alkanes of at least 4 members (excludes halogenated alkanes) is 1. The number of ether oxygens (including phenoxy) is 1. The molecular formula is C20H28ClNO3. The number of halogens is 1. The van der Waals surface area contributed by atoms with Gasteiger partial charge < -0.3 is 10.1 Å². The molecule has 0 spiro atoms. The maximum Gasteiger partial charge on any atom is 0.306 e. The van der Waals surface area contributed by atoms with Gasteiger partial charge in [0.05, 0.1) is 6.10 Å². The van der Waals surface area contributed by atoms with Crippen LogP contribution in [0, 0.1) is 0 Å². The van der Waals surface area contributed by atoms with Gasteiger partial charge in [-0.3, -0.25) is 9.59 Å². The molecule has 0 amide bonds. The summed E-state index contributed by atoms with van der Waals surface area (Å²) in [6.45, 7) is 4.37. The van der Waals surface area contributed by atoms with Crippen molar-refractivity contribution in [3.63, 3.8) is 0 Å². The highest BCUT2D eigenvalue weighted by Gasteiger charge is 2.41. The Kier molecular flexibility index (Phi) is 7.45. The summed E-state index contributed by atoms with van der Waals surface area (Å²) in [6.07, 6.45) is 5.18. The Morgan fingerprint density at radius 2 is 2.04 bits per heavy atom. The number of hydrogen-bond donors (Lipinski definition) is 1. The van der Waals surface area contributed by atoms with Crippen LogP contribution in [-0.4, -0.2) is 24.4 Å². The van der Waals surface area contributed by atoms with Gasteiger partial charge in [-0.2, -0.15) is 0 Å². The molecule has 1 aromatic rings. The molecule has 1 aromatic carbocycles. The number of carbonyl (C=O) groups is 2. The normalized spacial score (nSPS) is 20.7. The molecule has 4 nitrogen and oxygen atoms in total. The third-order valence-corrected chi connectivity index (χ3v) is 4.95. The van der Waals surface area contributed by atoms with Crippen LogP contribution < -0.4 is 5.32 Å². The molecule has 1 saturated carbocycles. The van der Waals surface area contributed by atoms with Gasteiger partial charge in [0, 0.05) is 17.9 Å². The first-order valence-electron chi connectivity index (χ1n) is 9.18. The summed E-state index contributed by atoms with van der Waals surface area (Å²) in [4.78, 5) is 24.4. The number of ketones is 1. The van der Waals surface area contributed by atoms with Crippen LogP contribution >= 0.6 is 11.6 Å². The van der Waals surface area contributed by atoms with Gasteiger partial charge in [-0.15, -0.1) is 0 Å². The summed E-state index contributed by atoms with van der Waals surface area (Å²) in [5.41, 5.74) is 0.190. The highest BCUT2D eigenvalue weighted by molar-refractivity contribution is 6.31. The van der Waals surface area contributed by atoms with Crippen molar-refractivity contribution in [2.24, 2.45) is 0 Å². The van der Waals surface area contributed by atoms with Crippen molar-refractivity contribution in [1.29, 1.82) is 0 Å². The number of esters is 1. The van der Waals surface area contributed by atoms with E-state index in [9.17, 15) is 9.59 Å². The second kappa shape index (κ2) is 9.35. The molecule has 1 aliphatic rings. The van der Waals surface area contributed by atoms with Crippen LogP contribution in [0.25, 0.3) is 0 Å². The summed E-state index contributed by atoms with van der Waals surface area (Å²) in [7, 11) is 0. The molecule has 0 saturated heterocycles. The van der Waals surface area contributed by atoms with Crippen LogP contribution in [0.2, 0.25) is 5.02 Å². The SMILES string of the molecule is CC(C)OC(=O)CCCCNC1(c2ccccc2Cl)CCCCC1=O. The van der Waals surface area contributed by atoms with Gasteiger partial charge in [-0.05, 0) is 57.7 Å². The van der Waals surface area contributed by atoms with E-state index in [0.717, 1.165) is 37.7 Å². The largest absolute Gasteiger partial charge is 0.463 e. The van der Waals surface area contributed by atoms with Crippen molar-refractivity contribution >= 4 is 23.4 Å². The summed E-state index contributed by atoms with van der Waals surface area (Å²) in [5, 5.41) is 4.10. The number of nitrogens with one attached hydrogen (secondary N) is 1. The Morgan fingerprint density at radius 3 is 2.72 bits per heavy atom. The van der Waals surface area contributed by atoms with Gasteiger partial charge >= 0.3 is 5.97 Å². The fraction of sp³-hybridized carbons (Fsp3) is 0.600. The predicted octanol–water partition coefficient (Wildman–Crippen LogP) is 4.39. The van der Waals surface area contributed by atoms with Crippen LogP contribution in [0.15, 0.2) is 24.3 Å². The van der Waals surface area contributed by atoms with Gasteiger partial charge in [-0.25, -0.2) is 0 Å². The van der Waals surface area contributed by atoms with Crippen molar-refractivity contribution in [3.05, 3.63) is 34.9 Å². The summed E-state index contributed by atoms with van der Waals surface area (Å²) < 4.78 is 5.14. The molecule has 138 valence electrons. The van der Waals surface area contributed by atoms with E-state index in [1.54, 1.807) is 0 Å². The van der Waals surface area contributed by atoms with E-state index in [-0.39, 0.29) is 17.9 Å². The molecule has 0 radical (unpaired) electrons. The second-order valence-corrected chi connectivity index (χ2v) is 7.35. The molecule has 1 unspecified atom stereocenters. The standard InChI is InChI=1S/C20H28ClNO3/c1-15(2)25-19(24)12-6-8-14-22-20(13-7-5-11-18(20)23)16-9-3-4-10-17(16)21/h3-4,9-10,15,22H,5-8,11-14H2,1-2H3. The van der Waals surface area contributed by atoms with Crippen LogP contribution in [0.5, 0.6) is 0 Å². The Hall–Kier alpha value is -1.39. The lowest BCUT2D eigenvalue weighted by atomic mass is 9.75. The summed E-state index contributed by atoms with van der Waals surface area (Å²) in [6, 6.07) is 7.59. The molecular weight excluding hydrogens is 338 g/mol. The second-order valence-electron chi connectivity index (χ2n) is 6.94. The number of carbonyl (C=O) groups excluding carboxylic acids is 2. The maximum absolute atomic E-state index is 12.8. The molecule has 0 bridgehead atoms. The van der Waals surface area contributed by atoms with Gasteiger partial charge in [-0.1, -0.05) is 36.2 Å². The predicted molar refractivity (Wildman–Crippen MR) is 99.7 cm³/mol. The van der Waals surface area contributed by atoms with Gasteiger partial charge in [0.15, 0.2) is 5.78 Å². The summed E-state index contributed by atoms with van der Waals surface area (Å²) in [5.74, 6) is 0.0515. The van der Waals surface area contributed by atoms with Crippen molar-refractivity contribution in [3.8, 4) is 0 Å². The lowest BCUT2D eigenvalue weighted by molar-refractivity contribution is -0.147. The summed E-state index contributed by atoms with van der Waals surface area (Å²) >= 11 is 6.39. The van der Waals surface area contributed by atoms with E-state index in [4.69, 9.17) is 16.3 Å². The minimum absolute atomic E-state index is 0.0750. The molecule has 5 heteroatoms. The molecule has 1 fully saturated rings. The van der Waals surface area contributed by atoms with E-state index in [2.05, 4.69) is 5.32 Å². The first kappa shape index (κ1) is 19.9. The molecule has 25 heavy (non-hydrogen) atoms. The molecule has 0 aromatic heterocycles. The molecule has 1 atom stereocenters. The highest BCUT2D eigenvalue weighted by atomic mass is 35.5. The van der Waals surface area contributed by atoms with E-state index >= 15 is 0 Å². The third kappa shape index (κ3) is 5.29. The number of Topliss-reactive ketones (excluding diaryl/α,β-unsaturated/α-hetero) is 1. The lowest BCUT2D eigenvalue weighted by Crippen LogP contribution is -2.51. The quantitative estimate of drug-likeness (QED) is 0.548. The zero-order chi connectivity index (χ0) is 18.3. The minimum Gasteiger partial charge on any atom is -0.463 e. The zero-order valence-electron chi connectivity index (χ0n) is 15.1. The molecule has 2 rings (SSSR count). The molecule has 0 heterocycles. The van der Waals surface area contributed by atoms with Crippen LogP contribution in [0.3, 0.4) is 0 Å². The van der Waals surface area contributed by atoms with Crippen molar-refractivity contribution < 1.29 is 14.3 Å². The average Bonchev–Trinajstić information content (AvgIpc) is 2.56. The minimum atomic E-state index is -0.685. The fourth-order valence-electron chi connectivity index (χ4n) is 3.42. The van der Waals surface area contributed by atoms with Crippen LogP contribution in [0.1, 0.15) is 64.4 Å². The third-order valence-electron chi connectivity index (χ3n) is 4.62. The Bertz CT molecular complexity index is 602. The Morgan fingerprint density at radius 1 is 1.28 bits per heavy atom. The topological polar surface area (TPSA) is 55.4 Å². The maximum atomic E-state index is 12.8. The Balaban J connectivity index is 1.96. The molecule has 0 aliphatic heterocycles. The first-order chi connectivity index (χ1) is 12.0. The highest BCUT2D eigenvalue weighted by Crippen LogP contribution is 2.38. The van der Waals surface area contributed by atoms with Gasteiger partial charge in [0.2, 0.25) is 0 Å². The molecule has 1 N–H and O–H groups in total. The monoisotopic (exact) mass is 365 g/mol. The van der Waals surface area contributed by atoms with E-state index in [1.807, 2.05) is 38.1 Å². The first-order valence-corrected chi connectivity index (χ1v) is 9.56. The zero-order valence-corrected chi connectivity index (χ0v) is 15.9. The average molecular weight is 366 g/mol. The van der Waals surface area contributed by atoms with Crippen molar-refractivity contribution in [1.82, 2.24) is 5.32 Å². The van der Waals surface area contributed by atoms with Crippen LogP contribution in [-0.2, 0) is 19.9 Å². The fourth-order valence-corrected chi connectivity index (χ4v) is 3.72. The number of benzene rings is 1. The van der Waals surface area contributed by atoms with Gasteiger partial charge in [0.25, 0.3) is 0 Å². The van der Waals surface area contributed by atoms with E-state index in [0.29, 0.717) is 24.4 Å². The van der Waals surface area contributed by atoms with Gasteiger partial charge in [0.1, 0.15) is 5.54 Å². The van der Waals surface area contributed by atoms with E-state index in [1.165, 1.54) is 0 Å². The number of hydrogen-bond acceptors (Lipinski definition) is 4. The molecule has 1 aliphatic carbocycles. The van der Waals surface area contributed by atoms with Crippen LogP contribution in [0.4, 0.5) is 0 Å². The van der Waals surface area contributed by atoms with Crippen molar-refractivity contribution in [2.45, 2.75) is 70.4 Å². The van der Waals surface area contributed by atoms with E-state index < -0.39 is 5.54 Å². The lowest BCUT2D eigenvalue weighted by Gasteiger charge is -2.38. The van der Waals surface area contributed by atoms with Crippen molar-refractivity contribution in [2.75, 3.05) is 6.54 Å². The smallest absolute Gasteiger partial charge is 0.306 e. The number of rotatable bonds is 8.